The number of fused-ring (bicyclic) bond motifs is 1. The molecule has 2 aliphatic rings. The average molecular weight is 181 g/mol. The van der Waals surface area contributed by atoms with E-state index in [0.29, 0.717) is 0 Å². The number of allylic oxidation sites excluding steroid dienone is 4. The quantitative estimate of drug-likeness (QED) is 0.649. The molecule has 1 aromatic rings. The van der Waals surface area contributed by atoms with Crippen molar-refractivity contribution in [3.8, 4) is 0 Å². The molecule has 0 N–H and O–H groups in total. The van der Waals surface area contributed by atoms with Gasteiger partial charge in [-0.15, -0.1) is 0 Å². The molecule has 14 heavy (non-hydrogen) atoms. The molecule has 1 saturated carbocycles. The Labute approximate surface area is 84.1 Å². The Balaban J connectivity index is 1.81. The lowest BCUT2D eigenvalue weighted by Crippen LogP contribution is -1.99. The van der Waals surface area contributed by atoms with Crippen LogP contribution in [-0.4, -0.2) is 0 Å². The first kappa shape index (κ1) is 8.10. The van der Waals surface area contributed by atoms with E-state index in [1.54, 1.807) is 6.26 Å². The fraction of sp³-hybridized carbons (Fsp3) is 0. The second-order valence-corrected chi connectivity index (χ2v) is 3.35. The molecule has 3 rings (SSSR count). The monoisotopic (exact) mass is 181 g/mol. The zero-order valence-electron chi connectivity index (χ0n) is 7.60. The number of hydrogen-bond donors (Lipinski definition) is 0. The van der Waals surface area contributed by atoms with Gasteiger partial charge in [-0.1, -0.05) is 24.3 Å². The number of hydrogen-bond acceptors (Lipinski definition) is 1. The Morgan fingerprint density at radius 3 is 2.14 bits per heavy atom. The van der Waals surface area contributed by atoms with E-state index in [1.807, 2.05) is 24.3 Å². The van der Waals surface area contributed by atoms with Gasteiger partial charge in [0, 0.05) is 17.8 Å². The summed E-state index contributed by atoms with van der Waals surface area (Å²) in [5.41, 5.74) is 0. The van der Waals surface area contributed by atoms with Gasteiger partial charge in [-0.2, -0.15) is 0 Å². The Morgan fingerprint density at radius 2 is 1.57 bits per heavy atom. The molecule has 1 fully saturated rings. The summed E-state index contributed by atoms with van der Waals surface area (Å²) in [6, 6.07) is 3.89. The second-order valence-electron chi connectivity index (χ2n) is 3.35. The van der Waals surface area contributed by atoms with Crippen LogP contribution in [-0.2, 0) is 0 Å². The van der Waals surface area contributed by atoms with Gasteiger partial charge < -0.3 is 4.42 Å². The van der Waals surface area contributed by atoms with Crippen LogP contribution in [0, 0.1) is 30.6 Å². The maximum Gasteiger partial charge on any atom is 0.111 e. The Morgan fingerprint density at radius 1 is 0.857 bits per heavy atom. The van der Waals surface area contributed by atoms with Gasteiger partial charge >= 0.3 is 0 Å². The predicted molar refractivity (Wildman–Crippen MR) is 54.4 cm³/mol. The van der Waals surface area contributed by atoms with E-state index < -0.39 is 0 Å². The molecule has 2 aliphatic carbocycles. The summed E-state index contributed by atoms with van der Waals surface area (Å²) in [6.45, 7) is 0. The van der Waals surface area contributed by atoms with Gasteiger partial charge in [0.25, 0.3) is 0 Å². The van der Waals surface area contributed by atoms with Crippen LogP contribution in [0.15, 0.2) is 47.1 Å². The summed E-state index contributed by atoms with van der Waals surface area (Å²) >= 11 is 0. The van der Waals surface area contributed by atoms with Gasteiger partial charge in [-0.25, -0.2) is 0 Å². The minimum absolute atomic E-state index is 0.932. The van der Waals surface area contributed by atoms with Gasteiger partial charge in [-0.3, -0.25) is 0 Å². The molecule has 0 saturated heterocycles. The van der Waals surface area contributed by atoms with E-state index >= 15 is 0 Å². The largest absolute Gasteiger partial charge is 0.469 e. The van der Waals surface area contributed by atoms with Crippen molar-refractivity contribution >= 4 is 0 Å². The highest BCUT2D eigenvalue weighted by atomic mass is 16.3. The Kier molecular flexibility index (Phi) is 1.83. The maximum absolute atomic E-state index is 5.35. The third kappa shape index (κ3) is 1.24. The first-order chi connectivity index (χ1) is 6.93. The van der Waals surface area contributed by atoms with Gasteiger partial charge in [-0.05, 0) is 25.0 Å². The summed E-state index contributed by atoms with van der Waals surface area (Å²) in [5.74, 6) is 4.61. The van der Waals surface area contributed by atoms with Crippen LogP contribution in [0.25, 0.3) is 0 Å². The van der Waals surface area contributed by atoms with E-state index in [0.717, 1.165) is 11.7 Å². The van der Waals surface area contributed by atoms with Crippen molar-refractivity contribution in [3.05, 3.63) is 79.1 Å². The average Bonchev–Trinajstić information content (AvgIpc) is 2.86. The minimum atomic E-state index is 0.932. The van der Waals surface area contributed by atoms with Crippen molar-refractivity contribution < 1.29 is 4.42 Å². The highest BCUT2D eigenvalue weighted by Gasteiger charge is 2.36. The first-order valence-corrected chi connectivity index (χ1v) is 4.63. The summed E-state index contributed by atoms with van der Waals surface area (Å²) in [7, 11) is 0. The zero-order valence-corrected chi connectivity index (χ0v) is 7.60. The van der Waals surface area contributed by atoms with E-state index in [2.05, 4.69) is 25.0 Å². The normalized spacial score (nSPS) is 23.1. The Bertz CT molecular complexity index is 339. The fourth-order valence-electron chi connectivity index (χ4n) is 1.74. The van der Waals surface area contributed by atoms with Gasteiger partial charge in [0.05, 0.1) is 6.26 Å². The summed E-state index contributed by atoms with van der Waals surface area (Å²) < 4.78 is 5.35. The van der Waals surface area contributed by atoms with E-state index in [9.17, 15) is 0 Å². The molecule has 1 aromatic heterocycles. The molecule has 67 valence electrons. The molecule has 0 amide bonds. The molecule has 5 radical (unpaired) electrons. The molecule has 0 atom stereocenters. The van der Waals surface area contributed by atoms with Crippen molar-refractivity contribution in [2.75, 3.05) is 0 Å². The van der Waals surface area contributed by atoms with Gasteiger partial charge in [0.1, 0.15) is 5.76 Å². The van der Waals surface area contributed by atoms with Crippen LogP contribution in [0.4, 0.5) is 0 Å². The standard InChI is InChI=1S/C13H9O/c1-2-5-11-9-12(8-10(11)4-1)13-6-3-7-14-13/h1-9H. The topological polar surface area (TPSA) is 13.1 Å². The van der Waals surface area contributed by atoms with Crippen LogP contribution in [0.3, 0.4) is 0 Å². The lowest BCUT2D eigenvalue weighted by atomic mass is 9.92. The lowest BCUT2D eigenvalue weighted by Gasteiger charge is -2.11. The van der Waals surface area contributed by atoms with Crippen molar-refractivity contribution in [1.82, 2.24) is 0 Å². The molecule has 1 heterocycles. The molecule has 1 heteroatoms. The SMILES string of the molecule is [CH]1[C]2C=CC=C[C]2[CH][C]1c1ccco1. The van der Waals surface area contributed by atoms with Crippen molar-refractivity contribution in [3.63, 3.8) is 0 Å². The van der Waals surface area contributed by atoms with E-state index in [1.165, 1.54) is 11.8 Å². The van der Waals surface area contributed by atoms with Gasteiger partial charge in [0.15, 0.2) is 0 Å². The second kappa shape index (κ2) is 3.16. The van der Waals surface area contributed by atoms with Crippen molar-refractivity contribution in [2.24, 2.45) is 0 Å². The van der Waals surface area contributed by atoms with Crippen LogP contribution >= 0.6 is 0 Å². The molecular formula is C13H9O. The molecule has 1 nitrogen and oxygen atoms in total. The number of furan rings is 1. The molecule has 0 unspecified atom stereocenters. The molecule has 0 aromatic carbocycles. The van der Waals surface area contributed by atoms with Gasteiger partial charge in [0.2, 0.25) is 0 Å². The molecule has 0 spiro atoms. The maximum atomic E-state index is 5.35. The van der Waals surface area contributed by atoms with Crippen LogP contribution in [0.5, 0.6) is 0 Å². The highest BCUT2D eigenvalue weighted by molar-refractivity contribution is 5.64. The van der Waals surface area contributed by atoms with Crippen LogP contribution in [0.2, 0.25) is 0 Å². The lowest BCUT2D eigenvalue weighted by molar-refractivity contribution is 0.533. The minimum Gasteiger partial charge on any atom is -0.469 e. The molecular weight excluding hydrogens is 172 g/mol. The predicted octanol–water partition coefficient (Wildman–Crippen LogP) is 2.90. The van der Waals surface area contributed by atoms with E-state index in [-0.39, 0.29) is 0 Å². The molecule has 0 aliphatic heterocycles. The third-order valence-electron chi connectivity index (χ3n) is 2.42. The summed E-state index contributed by atoms with van der Waals surface area (Å²) in [5, 5.41) is 0. The van der Waals surface area contributed by atoms with Crippen LogP contribution < -0.4 is 0 Å². The Hall–Kier alpha value is -1.24. The zero-order chi connectivity index (χ0) is 9.38. The molecule has 0 bridgehead atoms. The van der Waals surface area contributed by atoms with Crippen molar-refractivity contribution in [2.45, 2.75) is 0 Å². The number of rotatable bonds is 1. The summed E-state index contributed by atoms with van der Waals surface area (Å²) in [6.07, 6.45) is 14.3. The van der Waals surface area contributed by atoms with Crippen molar-refractivity contribution in [1.29, 1.82) is 0 Å². The van der Waals surface area contributed by atoms with Crippen LogP contribution in [0.1, 0.15) is 5.76 Å². The first-order valence-electron chi connectivity index (χ1n) is 4.63. The highest BCUT2D eigenvalue weighted by Crippen LogP contribution is 2.45. The van der Waals surface area contributed by atoms with E-state index in [4.69, 9.17) is 4.42 Å². The third-order valence-corrected chi connectivity index (χ3v) is 2.42. The summed E-state index contributed by atoms with van der Waals surface area (Å²) in [4.78, 5) is 0. The smallest absolute Gasteiger partial charge is 0.111 e. The fourth-order valence-corrected chi connectivity index (χ4v) is 1.74.